The summed E-state index contributed by atoms with van der Waals surface area (Å²) >= 11 is 0. The van der Waals surface area contributed by atoms with Crippen molar-refractivity contribution in [3.05, 3.63) is 6.92 Å². The summed E-state index contributed by atoms with van der Waals surface area (Å²) in [4.78, 5) is 0. The maximum Gasteiger partial charge on any atom is -0.0443 e. The lowest BCUT2D eigenvalue weighted by molar-refractivity contribution is 0.450. The highest BCUT2D eigenvalue weighted by Crippen LogP contribution is 2.15. The molecule has 1 radical (unpaired) electrons. The molecule has 0 aliphatic rings. The standard InChI is InChI=1S/C11H23/c1-4-6-8-10-11(3)9-7-5-2/h11H,1,4-10H2,2-3H3. The highest BCUT2D eigenvalue weighted by molar-refractivity contribution is 4.54. The van der Waals surface area contributed by atoms with Crippen LogP contribution in [-0.2, 0) is 0 Å². The van der Waals surface area contributed by atoms with Gasteiger partial charge in [0.15, 0.2) is 0 Å². The van der Waals surface area contributed by atoms with Crippen LogP contribution in [0.5, 0.6) is 0 Å². The fourth-order valence-corrected chi connectivity index (χ4v) is 1.37. The number of unbranched alkanes of at least 4 members (excludes halogenated alkanes) is 3. The first-order valence-electron chi connectivity index (χ1n) is 5.10. The molecule has 0 rings (SSSR count). The SMILES string of the molecule is [CH2]CCCCC(C)CCCC. The highest BCUT2D eigenvalue weighted by Gasteiger charge is 1.99. The molecule has 0 aliphatic heterocycles. The molecule has 1 unspecified atom stereocenters. The summed E-state index contributed by atoms with van der Waals surface area (Å²) in [5.41, 5.74) is 0. The first-order chi connectivity index (χ1) is 5.31. The zero-order valence-electron chi connectivity index (χ0n) is 8.23. The minimum absolute atomic E-state index is 0.946. The van der Waals surface area contributed by atoms with Crippen molar-refractivity contribution in [2.45, 2.75) is 58.8 Å². The van der Waals surface area contributed by atoms with E-state index in [-0.39, 0.29) is 0 Å². The monoisotopic (exact) mass is 155 g/mol. The second kappa shape index (κ2) is 8.10. The van der Waals surface area contributed by atoms with Crippen molar-refractivity contribution in [1.82, 2.24) is 0 Å². The summed E-state index contributed by atoms with van der Waals surface area (Å²) < 4.78 is 0. The normalized spacial score (nSPS) is 13.4. The molecule has 0 saturated carbocycles. The van der Waals surface area contributed by atoms with Gasteiger partial charge in [-0.3, -0.25) is 0 Å². The van der Waals surface area contributed by atoms with Crippen LogP contribution in [-0.4, -0.2) is 0 Å². The third-order valence-corrected chi connectivity index (χ3v) is 2.25. The van der Waals surface area contributed by atoms with Gasteiger partial charge in [-0.1, -0.05) is 65.7 Å². The molecule has 0 aromatic carbocycles. The van der Waals surface area contributed by atoms with Gasteiger partial charge in [-0.15, -0.1) is 0 Å². The molecule has 1 atom stereocenters. The fraction of sp³-hybridized carbons (Fsp3) is 0.909. The van der Waals surface area contributed by atoms with Crippen LogP contribution in [0.1, 0.15) is 58.8 Å². The second-order valence-electron chi connectivity index (χ2n) is 3.60. The van der Waals surface area contributed by atoms with E-state index in [1.807, 2.05) is 0 Å². The molecule has 0 nitrogen and oxygen atoms in total. The van der Waals surface area contributed by atoms with Crippen molar-refractivity contribution in [1.29, 1.82) is 0 Å². The Hall–Kier alpha value is 0. The minimum Gasteiger partial charge on any atom is -0.0654 e. The highest BCUT2D eigenvalue weighted by atomic mass is 14.1. The van der Waals surface area contributed by atoms with Gasteiger partial charge < -0.3 is 0 Å². The van der Waals surface area contributed by atoms with E-state index in [2.05, 4.69) is 20.8 Å². The number of hydrogen-bond acceptors (Lipinski definition) is 0. The molecule has 0 spiro atoms. The quantitative estimate of drug-likeness (QED) is 0.483. The molecule has 0 aliphatic carbocycles. The molecule has 0 fully saturated rings. The number of rotatable bonds is 7. The molecular formula is C11H23. The first kappa shape index (κ1) is 11.0. The van der Waals surface area contributed by atoms with E-state index in [1.165, 1.54) is 38.5 Å². The molecule has 11 heavy (non-hydrogen) atoms. The van der Waals surface area contributed by atoms with Gasteiger partial charge in [-0.05, 0) is 5.92 Å². The van der Waals surface area contributed by atoms with Crippen molar-refractivity contribution in [2.24, 2.45) is 5.92 Å². The maximum atomic E-state index is 3.84. The van der Waals surface area contributed by atoms with Crippen LogP contribution in [0.2, 0.25) is 0 Å². The third-order valence-electron chi connectivity index (χ3n) is 2.25. The summed E-state index contributed by atoms with van der Waals surface area (Å²) in [6.07, 6.45) is 9.40. The molecular weight excluding hydrogens is 132 g/mol. The van der Waals surface area contributed by atoms with E-state index in [0.29, 0.717) is 0 Å². The summed E-state index contributed by atoms with van der Waals surface area (Å²) in [6.45, 7) is 8.48. The van der Waals surface area contributed by atoms with E-state index in [0.717, 1.165) is 12.3 Å². The average molecular weight is 155 g/mol. The van der Waals surface area contributed by atoms with Crippen molar-refractivity contribution in [3.63, 3.8) is 0 Å². The molecule has 0 saturated heterocycles. The molecule has 0 aromatic heterocycles. The Kier molecular flexibility index (Phi) is 8.10. The van der Waals surface area contributed by atoms with Gasteiger partial charge in [0.25, 0.3) is 0 Å². The summed E-state index contributed by atoms with van der Waals surface area (Å²) in [6, 6.07) is 0. The lowest BCUT2D eigenvalue weighted by Gasteiger charge is -2.09. The van der Waals surface area contributed by atoms with Crippen LogP contribution in [0, 0.1) is 12.8 Å². The van der Waals surface area contributed by atoms with Crippen LogP contribution in [0.25, 0.3) is 0 Å². The van der Waals surface area contributed by atoms with Gasteiger partial charge in [0.05, 0.1) is 0 Å². The average Bonchev–Trinajstić information content (AvgIpc) is 2.01. The van der Waals surface area contributed by atoms with Gasteiger partial charge in [-0.2, -0.15) is 0 Å². The van der Waals surface area contributed by atoms with Crippen molar-refractivity contribution in [2.75, 3.05) is 0 Å². The van der Waals surface area contributed by atoms with Gasteiger partial charge in [-0.25, -0.2) is 0 Å². The van der Waals surface area contributed by atoms with E-state index in [9.17, 15) is 0 Å². The minimum atomic E-state index is 0.946. The molecule has 67 valence electrons. The third kappa shape index (κ3) is 7.90. The van der Waals surface area contributed by atoms with Crippen molar-refractivity contribution in [3.8, 4) is 0 Å². The van der Waals surface area contributed by atoms with Crippen LogP contribution < -0.4 is 0 Å². The van der Waals surface area contributed by atoms with Crippen molar-refractivity contribution >= 4 is 0 Å². The lowest BCUT2D eigenvalue weighted by atomic mass is 9.98. The van der Waals surface area contributed by atoms with Crippen LogP contribution in [0.3, 0.4) is 0 Å². The Balaban J connectivity index is 3.02. The molecule has 0 heteroatoms. The predicted molar refractivity (Wildman–Crippen MR) is 52.5 cm³/mol. The van der Waals surface area contributed by atoms with Gasteiger partial charge in [0.2, 0.25) is 0 Å². The van der Waals surface area contributed by atoms with E-state index < -0.39 is 0 Å². The zero-order chi connectivity index (χ0) is 8.53. The summed E-state index contributed by atoms with van der Waals surface area (Å²) in [7, 11) is 0. The Morgan fingerprint density at radius 1 is 1.09 bits per heavy atom. The first-order valence-corrected chi connectivity index (χ1v) is 5.10. The fourth-order valence-electron chi connectivity index (χ4n) is 1.37. The Morgan fingerprint density at radius 3 is 2.27 bits per heavy atom. The van der Waals surface area contributed by atoms with Gasteiger partial charge >= 0.3 is 0 Å². The lowest BCUT2D eigenvalue weighted by Crippen LogP contribution is -1.93. The second-order valence-corrected chi connectivity index (χ2v) is 3.60. The summed E-state index contributed by atoms with van der Waals surface area (Å²) in [5, 5.41) is 0. The molecule has 0 amide bonds. The van der Waals surface area contributed by atoms with Gasteiger partial charge in [0, 0.05) is 0 Å². The van der Waals surface area contributed by atoms with Crippen LogP contribution in [0.4, 0.5) is 0 Å². The Morgan fingerprint density at radius 2 is 1.73 bits per heavy atom. The van der Waals surface area contributed by atoms with E-state index in [1.54, 1.807) is 0 Å². The number of hydrogen-bond donors (Lipinski definition) is 0. The van der Waals surface area contributed by atoms with E-state index >= 15 is 0 Å². The smallest absolute Gasteiger partial charge is 0.0443 e. The van der Waals surface area contributed by atoms with Crippen LogP contribution in [0.15, 0.2) is 0 Å². The maximum absolute atomic E-state index is 3.84. The Labute approximate surface area is 72.4 Å². The van der Waals surface area contributed by atoms with Crippen molar-refractivity contribution < 1.29 is 0 Å². The van der Waals surface area contributed by atoms with Gasteiger partial charge in [0.1, 0.15) is 0 Å². The zero-order valence-corrected chi connectivity index (χ0v) is 8.23. The van der Waals surface area contributed by atoms with E-state index in [4.69, 9.17) is 0 Å². The molecule has 0 bridgehead atoms. The predicted octanol–water partition coefficient (Wildman–Crippen LogP) is 4.21. The largest absolute Gasteiger partial charge is 0.0654 e. The van der Waals surface area contributed by atoms with Crippen LogP contribution >= 0.6 is 0 Å². The molecule has 0 heterocycles. The molecule has 0 aromatic rings. The Bertz CT molecular complexity index is 66.4. The topological polar surface area (TPSA) is 0 Å². The summed E-state index contributed by atoms with van der Waals surface area (Å²) in [5.74, 6) is 0.946. The molecule has 0 N–H and O–H groups in total.